The lowest BCUT2D eigenvalue weighted by molar-refractivity contribution is 0.210. The molecule has 2 aromatic carbocycles. The molecule has 0 saturated carbocycles. The largest absolute Gasteiger partial charge is 0.322 e. The molecule has 1 saturated heterocycles. The Balaban J connectivity index is 1.68. The van der Waals surface area contributed by atoms with Gasteiger partial charge in [0.25, 0.3) is 0 Å². The third-order valence-corrected chi connectivity index (χ3v) is 6.97. The van der Waals surface area contributed by atoms with Crippen LogP contribution in [0.2, 0.25) is 0 Å². The van der Waals surface area contributed by atoms with Crippen LogP contribution >= 0.6 is 0 Å². The number of carbonyl (C=O) groups excluding carboxylic acids is 1. The lowest BCUT2D eigenvalue weighted by Gasteiger charge is -2.25. The van der Waals surface area contributed by atoms with Gasteiger partial charge in [-0.15, -0.1) is 0 Å². The van der Waals surface area contributed by atoms with Crippen LogP contribution in [0.1, 0.15) is 39.2 Å². The molecular formula is C22H28N2O3S. The quantitative estimate of drug-likeness (QED) is 0.824. The van der Waals surface area contributed by atoms with E-state index in [0.29, 0.717) is 17.9 Å². The molecule has 0 aliphatic carbocycles. The zero-order valence-corrected chi connectivity index (χ0v) is 17.5. The summed E-state index contributed by atoms with van der Waals surface area (Å²) in [5.41, 5.74) is 1.96. The average molecular weight is 401 g/mol. The van der Waals surface area contributed by atoms with Gasteiger partial charge in [-0.05, 0) is 48.1 Å². The molecule has 28 heavy (non-hydrogen) atoms. The van der Waals surface area contributed by atoms with E-state index in [0.717, 1.165) is 12.1 Å². The zero-order chi connectivity index (χ0) is 20.4. The Morgan fingerprint density at radius 1 is 1.07 bits per heavy atom. The molecule has 1 N–H and O–H groups in total. The average Bonchev–Trinajstić information content (AvgIpc) is 3.10. The van der Waals surface area contributed by atoms with Gasteiger partial charge in [-0.1, -0.05) is 51.1 Å². The first kappa shape index (κ1) is 20.4. The van der Waals surface area contributed by atoms with E-state index in [2.05, 4.69) is 26.1 Å². The molecule has 3 rings (SSSR count). The van der Waals surface area contributed by atoms with Crippen LogP contribution in [0.25, 0.3) is 0 Å². The van der Waals surface area contributed by atoms with E-state index < -0.39 is 9.84 Å². The van der Waals surface area contributed by atoms with Crippen LogP contribution in [0.3, 0.4) is 0 Å². The zero-order valence-electron chi connectivity index (χ0n) is 16.7. The minimum absolute atomic E-state index is 0.0482. The van der Waals surface area contributed by atoms with Gasteiger partial charge in [0, 0.05) is 18.3 Å². The predicted molar refractivity (Wildman–Crippen MR) is 112 cm³/mol. The molecule has 2 aromatic rings. The van der Waals surface area contributed by atoms with Gasteiger partial charge in [0.15, 0.2) is 9.84 Å². The molecule has 0 radical (unpaired) electrons. The number of amides is 2. The fraction of sp³-hybridized carbons (Fsp3) is 0.409. The Hall–Kier alpha value is -2.34. The van der Waals surface area contributed by atoms with Crippen molar-refractivity contribution in [3.63, 3.8) is 0 Å². The summed E-state index contributed by atoms with van der Waals surface area (Å²) in [4.78, 5) is 14.7. The van der Waals surface area contributed by atoms with Gasteiger partial charge in [-0.25, -0.2) is 13.2 Å². The topological polar surface area (TPSA) is 66.5 Å². The van der Waals surface area contributed by atoms with Crippen LogP contribution in [0, 0.1) is 0 Å². The number of hydrogen-bond acceptors (Lipinski definition) is 3. The highest BCUT2D eigenvalue weighted by Gasteiger charge is 2.33. The molecular weight excluding hydrogens is 372 g/mol. The molecule has 2 amide bonds. The SMILES string of the molecule is CC(C)(C)c1ccc(NC(=O)N2CCCC2CS(=O)(=O)c2ccccc2)cc1. The molecule has 1 atom stereocenters. The lowest BCUT2D eigenvalue weighted by atomic mass is 9.87. The summed E-state index contributed by atoms with van der Waals surface area (Å²) in [6.07, 6.45) is 1.51. The van der Waals surface area contributed by atoms with Gasteiger partial charge in [0.1, 0.15) is 0 Å². The first-order chi connectivity index (χ1) is 13.2. The highest BCUT2D eigenvalue weighted by molar-refractivity contribution is 7.91. The number of likely N-dealkylation sites (tertiary alicyclic amines) is 1. The molecule has 150 valence electrons. The first-order valence-corrected chi connectivity index (χ1v) is 11.3. The summed E-state index contributed by atoms with van der Waals surface area (Å²) in [6.45, 7) is 6.99. The van der Waals surface area contributed by atoms with Crippen LogP contribution in [-0.2, 0) is 15.3 Å². The Kier molecular flexibility index (Phi) is 5.79. The van der Waals surface area contributed by atoms with E-state index >= 15 is 0 Å². The second-order valence-corrected chi connectivity index (χ2v) is 10.4. The van der Waals surface area contributed by atoms with Gasteiger partial charge in [-0.3, -0.25) is 0 Å². The Bertz CT molecular complexity index is 917. The highest BCUT2D eigenvalue weighted by atomic mass is 32.2. The second kappa shape index (κ2) is 7.95. The minimum Gasteiger partial charge on any atom is -0.321 e. The predicted octanol–water partition coefficient (Wildman–Crippen LogP) is 4.45. The van der Waals surface area contributed by atoms with Gasteiger partial charge in [0.2, 0.25) is 0 Å². The number of sulfone groups is 1. The van der Waals surface area contributed by atoms with Gasteiger partial charge < -0.3 is 10.2 Å². The van der Waals surface area contributed by atoms with Crippen molar-refractivity contribution in [2.24, 2.45) is 0 Å². The molecule has 1 aliphatic heterocycles. The van der Waals surface area contributed by atoms with Gasteiger partial charge in [-0.2, -0.15) is 0 Å². The Labute approximate surface area is 167 Å². The summed E-state index contributed by atoms with van der Waals surface area (Å²) in [7, 11) is -3.43. The number of rotatable bonds is 4. The summed E-state index contributed by atoms with van der Waals surface area (Å²) in [5, 5.41) is 2.91. The summed E-state index contributed by atoms with van der Waals surface area (Å²) >= 11 is 0. The first-order valence-electron chi connectivity index (χ1n) is 9.63. The maximum absolute atomic E-state index is 12.7. The molecule has 1 fully saturated rings. The number of nitrogens with zero attached hydrogens (tertiary/aromatic N) is 1. The molecule has 1 heterocycles. The standard InChI is InChI=1S/C22H28N2O3S/c1-22(2,3)17-11-13-18(14-12-17)23-21(25)24-15-7-8-19(24)16-28(26,27)20-9-5-4-6-10-20/h4-6,9-14,19H,7-8,15-16H2,1-3H3,(H,23,25). The highest BCUT2D eigenvalue weighted by Crippen LogP contribution is 2.25. The van der Waals surface area contributed by atoms with Gasteiger partial charge >= 0.3 is 6.03 Å². The summed E-state index contributed by atoms with van der Waals surface area (Å²) in [6, 6.07) is 15.7. The fourth-order valence-electron chi connectivity index (χ4n) is 3.50. The molecule has 6 heteroatoms. The Morgan fingerprint density at radius 3 is 2.32 bits per heavy atom. The summed E-state index contributed by atoms with van der Waals surface area (Å²) in [5.74, 6) is -0.0482. The van der Waals surface area contributed by atoms with Crippen molar-refractivity contribution in [2.45, 2.75) is 50.0 Å². The third kappa shape index (κ3) is 4.73. The molecule has 0 aromatic heterocycles. The maximum atomic E-state index is 12.7. The van der Waals surface area contributed by atoms with Crippen molar-refractivity contribution < 1.29 is 13.2 Å². The third-order valence-electron chi connectivity index (χ3n) is 5.15. The van der Waals surface area contributed by atoms with E-state index in [1.807, 2.05) is 24.3 Å². The normalized spacial score (nSPS) is 17.5. The Morgan fingerprint density at radius 2 is 1.71 bits per heavy atom. The van der Waals surface area contributed by atoms with E-state index in [4.69, 9.17) is 0 Å². The van der Waals surface area contributed by atoms with Gasteiger partial charge in [0.05, 0.1) is 10.6 Å². The number of hydrogen-bond donors (Lipinski definition) is 1. The van der Waals surface area contributed by atoms with E-state index in [1.165, 1.54) is 5.56 Å². The van der Waals surface area contributed by atoms with Crippen LogP contribution in [-0.4, -0.2) is 37.7 Å². The number of anilines is 1. The van der Waals surface area contributed by atoms with Crippen molar-refractivity contribution in [1.29, 1.82) is 0 Å². The number of benzene rings is 2. The van der Waals surface area contributed by atoms with Crippen LogP contribution in [0.4, 0.5) is 10.5 Å². The number of urea groups is 1. The van der Waals surface area contributed by atoms with E-state index in [1.54, 1.807) is 35.2 Å². The number of nitrogens with one attached hydrogen (secondary N) is 1. The van der Waals surface area contributed by atoms with E-state index in [9.17, 15) is 13.2 Å². The molecule has 0 bridgehead atoms. The van der Waals surface area contributed by atoms with E-state index in [-0.39, 0.29) is 23.2 Å². The van der Waals surface area contributed by atoms with Crippen molar-refractivity contribution in [1.82, 2.24) is 4.90 Å². The minimum atomic E-state index is -3.43. The summed E-state index contributed by atoms with van der Waals surface area (Å²) < 4.78 is 25.4. The molecule has 5 nitrogen and oxygen atoms in total. The molecule has 1 unspecified atom stereocenters. The van der Waals surface area contributed by atoms with Crippen molar-refractivity contribution >= 4 is 21.6 Å². The second-order valence-electron chi connectivity index (χ2n) is 8.34. The van der Waals surface area contributed by atoms with Crippen LogP contribution in [0.5, 0.6) is 0 Å². The number of carbonyl (C=O) groups is 1. The van der Waals surface area contributed by atoms with Crippen LogP contribution < -0.4 is 5.32 Å². The monoisotopic (exact) mass is 400 g/mol. The fourth-order valence-corrected chi connectivity index (χ4v) is 5.12. The van der Waals surface area contributed by atoms with Crippen molar-refractivity contribution in [2.75, 3.05) is 17.6 Å². The molecule has 1 aliphatic rings. The smallest absolute Gasteiger partial charge is 0.321 e. The van der Waals surface area contributed by atoms with Crippen LogP contribution in [0.15, 0.2) is 59.5 Å². The maximum Gasteiger partial charge on any atom is 0.322 e. The van der Waals surface area contributed by atoms with Crippen molar-refractivity contribution in [3.8, 4) is 0 Å². The molecule has 0 spiro atoms. The van der Waals surface area contributed by atoms with Crippen molar-refractivity contribution in [3.05, 3.63) is 60.2 Å². The lowest BCUT2D eigenvalue weighted by Crippen LogP contribution is -2.42.